The quantitative estimate of drug-likeness (QED) is 0.713. The molecule has 1 saturated carbocycles. The lowest BCUT2D eigenvalue weighted by atomic mass is 9.89. The van der Waals surface area contributed by atoms with Crippen molar-refractivity contribution in [2.75, 3.05) is 13.7 Å². The van der Waals surface area contributed by atoms with E-state index >= 15 is 0 Å². The molecule has 13 heavy (non-hydrogen) atoms. The van der Waals surface area contributed by atoms with Crippen LogP contribution in [0.1, 0.15) is 32.1 Å². The highest BCUT2D eigenvalue weighted by Gasteiger charge is 2.26. The van der Waals surface area contributed by atoms with Crippen molar-refractivity contribution in [1.82, 2.24) is 0 Å². The van der Waals surface area contributed by atoms with Crippen LogP contribution >= 0.6 is 0 Å². The zero-order valence-electron chi connectivity index (χ0n) is 8.16. The molecule has 0 spiro atoms. The van der Waals surface area contributed by atoms with Gasteiger partial charge in [0.2, 0.25) is 0 Å². The molecule has 1 aliphatic carbocycles. The number of hydrogen-bond donors (Lipinski definition) is 1. The summed E-state index contributed by atoms with van der Waals surface area (Å²) in [6.07, 6.45) is 5.14. The van der Waals surface area contributed by atoms with Crippen molar-refractivity contribution < 1.29 is 14.6 Å². The first-order chi connectivity index (χ1) is 6.24. The van der Waals surface area contributed by atoms with E-state index in [0.29, 0.717) is 12.5 Å². The Morgan fingerprint density at radius 2 is 2.15 bits per heavy atom. The molecule has 1 unspecified atom stereocenters. The fourth-order valence-corrected chi connectivity index (χ4v) is 2.23. The predicted molar refractivity (Wildman–Crippen MR) is 49.6 cm³/mol. The van der Waals surface area contributed by atoms with Crippen LogP contribution in [0.25, 0.3) is 0 Å². The number of hydrogen-bond acceptors (Lipinski definition) is 2. The van der Waals surface area contributed by atoms with Crippen molar-refractivity contribution in [3.05, 3.63) is 0 Å². The molecule has 1 N–H and O–H groups in total. The molecule has 3 nitrogen and oxygen atoms in total. The number of aliphatic carboxylic acids is 1. The molecule has 1 aliphatic rings. The fourth-order valence-electron chi connectivity index (χ4n) is 2.23. The average Bonchev–Trinajstić information content (AvgIpc) is 2.54. The summed E-state index contributed by atoms with van der Waals surface area (Å²) in [5.41, 5.74) is 0. The molecule has 0 heterocycles. The third-order valence-electron chi connectivity index (χ3n) is 2.88. The van der Waals surface area contributed by atoms with Crippen molar-refractivity contribution in [2.24, 2.45) is 11.8 Å². The van der Waals surface area contributed by atoms with Gasteiger partial charge in [0.15, 0.2) is 0 Å². The van der Waals surface area contributed by atoms with E-state index in [9.17, 15) is 4.79 Å². The van der Waals surface area contributed by atoms with E-state index in [-0.39, 0.29) is 12.3 Å². The Morgan fingerprint density at radius 1 is 1.54 bits per heavy atom. The first-order valence-electron chi connectivity index (χ1n) is 4.94. The normalized spacial score (nSPS) is 20.4. The van der Waals surface area contributed by atoms with Gasteiger partial charge in [-0.2, -0.15) is 0 Å². The summed E-state index contributed by atoms with van der Waals surface area (Å²) >= 11 is 0. The van der Waals surface area contributed by atoms with E-state index in [1.807, 2.05) is 0 Å². The van der Waals surface area contributed by atoms with Gasteiger partial charge >= 0.3 is 5.97 Å². The standard InChI is InChI=1S/C10H18O3/c1-13-7-9(6-10(11)12)8-4-2-3-5-8/h8-9H,2-7H2,1H3,(H,11,12). The Kier molecular flexibility index (Phi) is 4.22. The molecule has 0 saturated heterocycles. The van der Waals surface area contributed by atoms with Crippen LogP contribution in [0.2, 0.25) is 0 Å². The predicted octanol–water partition coefficient (Wildman–Crippen LogP) is 1.91. The first kappa shape index (κ1) is 10.5. The number of ether oxygens (including phenoxy) is 1. The minimum atomic E-state index is -0.700. The summed E-state index contributed by atoms with van der Waals surface area (Å²) in [5.74, 6) is 0.106. The number of rotatable bonds is 5. The van der Waals surface area contributed by atoms with Crippen LogP contribution in [0.5, 0.6) is 0 Å². The van der Waals surface area contributed by atoms with Gasteiger partial charge in [-0.1, -0.05) is 25.7 Å². The van der Waals surface area contributed by atoms with Gasteiger partial charge in [-0.15, -0.1) is 0 Å². The Hall–Kier alpha value is -0.570. The van der Waals surface area contributed by atoms with Crippen LogP contribution in [0.15, 0.2) is 0 Å². The minimum Gasteiger partial charge on any atom is -0.481 e. The van der Waals surface area contributed by atoms with Gasteiger partial charge in [-0.25, -0.2) is 0 Å². The molecular weight excluding hydrogens is 168 g/mol. The molecule has 0 aromatic heterocycles. The number of carboxylic acids is 1. The molecule has 0 aromatic rings. The van der Waals surface area contributed by atoms with E-state index in [1.165, 1.54) is 25.7 Å². The van der Waals surface area contributed by atoms with Crippen molar-refractivity contribution in [2.45, 2.75) is 32.1 Å². The van der Waals surface area contributed by atoms with Crippen molar-refractivity contribution in [3.8, 4) is 0 Å². The zero-order chi connectivity index (χ0) is 9.68. The largest absolute Gasteiger partial charge is 0.481 e. The molecule has 0 bridgehead atoms. The van der Waals surface area contributed by atoms with Crippen molar-refractivity contribution in [3.63, 3.8) is 0 Å². The third-order valence-corrected chi connectivity index (χ3v) is 2.88. The number of methoxy groups -OCH3 is 1. The highest BCUT2D eigenvalue weighted by molar-refractivity contribution is 5.67. The van der Waals surface area contributed by atoms with E-state index in [1.54, 1.807) is 7.11 Å². The average molecular weight is 186 g/mol. The summed E-state index contributed by atoms with van der Waals surface area (Å²) < 4.78 is 5.05. The van der Waals surface area contributed by atoms with Crippen LogP contribution < -0.4 is 0 Å². The summed E-state index contributed by atoms with van der Waals surface area (Å²) in [7, 11) is 1.64. The Labute approximate surface area is 79.1 Å². The molecule has 1 rings (SSSR count). The van der Waals surface area contributed by atoms with Gasteiger partial charge in [0, 0.05) is 13.7 Å². The monoisotopic (exact) mass is 186 g/mol. The molecule has 0 aliphatic heterocycles. The van der Waals surface area contributed by atoms with Crippen LogP contribution in [-0.2, 0) is 9.53 Å². The zero-order valence-corrected chi connectivity index (χ0v) is 8.16. The number of carbonyl (C=O) groups is 1. The Bertz CT molecular complexity index is 162. The number of carboxylic acid groups (broad SMARTS) is 1. The molecule has 0 amide bonds. The molecule has 0 radical (unpaired) electrons. The highest BCUT2D eigenvalue weighted by Crippen LogP contribution is 2.33. The minimum absolute atomic E-state index is 0.227. The molecule has 76 valence electrons. The van der Waals surface area contributed by atoms with Gasteiger partial charge in [-0.3, -0.25) is 4.79 Å². The van der Waals surface area contributed by atoms with Gasteiger partial charge in [0.25, 0.3) is 0 Å². The summed E-state index contributed by atoms with van der Waals surface area (Å²) in [6, 6.07) is 0. The Morgan fingerprint density at radius 3 is 2.62 bits per heavy atom. The maximum absolute atomic E-state index is 10.6. The van der Waals surface area contributed by atoms with E-state index in [0.717, 1.165) is 0 Å². The van der Waals surface area contributed by atoms with Gasteiger partial charge in [0.05, 0.1) is 6.42 Å². The van der Waals surface area contributed by atoms with E-state index in [4.69, 9.17) is 9.84 Å². The van der Waals surface area contributed by atoms with Gasteiger partial charge in [-0.05, 0) is 11.8 Å². The SMILES string of the molecule is COCC(CC(=O)O)C1CCCC1. The smallest absolute Gasteiger partial charge is 0.303 e. The molecule has 1 fully saturated rings. The maximum Gasteiger partial charge on any atom is 0.303 e. The van der Waals surface area contributed by atoms with E-state index in [2.05, 4.69) is 0 Å². The van der Waals surface area contributed by atoms with Gasteiger partial charge < -0.3 is 9.84 Å². The molecule has 0 aromatic carbocycles. The second kappa shape index (κ2) is 5.22. The summed E-state index contributed by atoms with van der Waals surface area (Å²) in [5, 5.41) is 8.72. The summed E-state index contributed by atoms with van der Waals surface area (Å²) in [6.45, 7) is 0.594. The van der Waals surface area contributed by atoms with Gasteiger partial charge in [0.1, 0.15) is 0 Å². The van der Waals surface area contributed by atoms with E-state index < -0.39 is 5.97 Å². The third kappa shape index (κ3) is 3.35. The van der Waals surface area contributed by atoms with Crippen LogP contribution in [-0.4, -0.2) is 24.8 Å². The van der Waals surface area contributed by atoms with Crippen LogP contribution in [0.3, 0.4) is 0 Å². The maximum atomic E-state index is 10.6. The Balaban J connectivity index is 2.39. The molecular formula is C10H18O3. The second-order valence-corrected chi connectivity index (χ2v) is 3.86. The lowest BCUT2D eigenvalue weighted by molar-refractivity contribution is -0.139. The van der Waals surface area contributed by atoms with Crippen LogP contribution in [0.4, 0.5) is 0 Å². The highest BCUT2D eigenvalue weighted by atomic mass is 16.5. The second-order valence-electron chi connectivity index (χ2n) is 3.86. The van der Waals surface area contributed by atoms with Crippen molar-refractivity contribution in [1.29, 1.82) is 0 Å². The molecule has 3 heteroatoms. The van der Waals surface area contributed by atoms with Crippen LogP contribution in [0, 0.1) is 11.8 Å². The topological polar surface area (TPSA) is 46.5 Å². The lowest BCUT2D eigenvalue weighted by Gasteiger charge is -2.20. The van der Waals surface area contributed by atoms with Crippen molar-refractivity contribution >= 4 is 5.97 Å². The molecule has 1 atom stereocenters. The first-order valence-corrected chi connectivity index (χ1v) is 4.94. The fraction of sp³-hybridized carbons (Fsp3) is 0.900. The lowest BCUT2D eigenvalue weighted by Crippen LogP contribution is -2.20. The summed E-state index contributed by atoms with van der Waals surface area (Å²) in [4.78, 5) is 10.6.